The van der Waals surface area contributed by atoms with Crippen LogP contribution in [0.15, 0.2) is 59.1 Å². The maximum absolute atomic E-state index is 12.4. The molecule has 33 heavy (non-hydrogen) atoms. The summed E-state index contributed by atoms with van der Waals surface area (Å²) >= 11 is 0. The van der Waals surface area contributed by atoms with Crippen LogP contribution >= 0.6 is 0 Å². The molecule has 1 fully saturated rings. The summed E-state index contributed by atoms with van der Waals surface area (Å²) in [5, 5.41) is 2.93. The van der Waals surface area contributed by atoms with Crippen molar-refractivity contribution in [2.45, 2.75) is 39.2 Å². The highest BCUT2D eigenvalue weighted by atomic mass is 16.4. The number of carbonyl (C=O) groups is 2. The standard InChI is InChI=1S/C26H30N4O3/c1-18-4-8-20(9-5-18)23-15-28-25(33-23)13-12-24(31)29-22-10-6-19(7-11-22)16-30-14-2-3-21(17-30)26(27)32/h4-11,15,21H,2-3,12-14,16-17H2,1H3,(H2,27,32)(H,29,31). The second-order valence-electron chi connectivity index (χ2n) is 8.71. The third kappa shape index (κ3) is 6.29. The smallest absolute Gasteiger partial charge is 0.224 e. The van der Waals surface area contributed by atoms with E-state index in [0.717, 1.165) is 42.7 Å². The van der Waals surface area contributed by atoms with Crippen LogP contribution in [0.5, 0.6) is 0 Å². The van der Waals surface area contributed by atoms with Gasteiger partial charge in [0.15, 0.2) is 11.7 Å². The van der Waals surface area contributed by atoms with Gasteiger partial charge in [0.25, 0.3) is 0 Å². The third-order valence-electron chi connectivity index (χ3n) is 6.01. The highest BCUT2D eigenvalue weighted by Crippen LogP contribution is 2.22. The van der Waals surface area contributed by atoms with E-state index in [1.807, 2.05) is 55.5 Å². The SMILES string of the molecule is Cc1ccc(-c2cnc(CCC(=O)Nc3ccc(CN4CCCC(C(N)=O)C4)cc3)o2)cc1. The van der Waals surface area contributed by atoms with E-state index >= 15 is 0 Å². The van der Waals surface area contributed by atoms with Crippen molar-refractivity contribution in [3.8, 4) is 11.3 Å². The summed E-state index contributed by atoms with van der Waals surface area (Å²) < 4.78 is 5.80. The summed E-state index contributed by atoms with van der Waals surface area (Å²) in [7, 11) is 0. The molecule has 2 aromatic carbocycles. The van der Waals surface area contributed by atoms with Crippen molar-refractivity contribution in [1.29, 1.82) is 0 Å². The number of primary amides is 1. The van der Waals surface area contributed by atoms with E-state index in [9.17, 15) is 9.59 Å². The summed E-state index contributed by atoms with van der Waals surface area (Å²) in [6.45, 7) is 4.48. The second kappa shape index (κ2) is 10.4. The fraction of sp³-hybridized carbons (Fsp3) is 0.346. The van der Waals surface area contributed by atoms with E-state index in [0.29, 0.717) is 24.6 Å². The number of hydrogen-bond acceptors (Lipinski definition) is 5. The Labute approximate surface area is 194 Å². The first kappa shape index (κ1) is 22.7. The van der Waals surface area contributed by atoms with E-state index < -0.39 is 0 Å². The molecule has 172 valence electrons. The molecule has 0 spiro atoms. The minimum atomic E-state index is -0.214. The predicted octanol–water partition coefficient (Wildman–Crippen LogP) is 3.92. The molecule has 4 rings (SSSR count). The Morgan fingerprint density at radius 2 is 1.91 bits per heavy atom. The largest absolute Gasteiger partial charge is 0.441 e. The number of hydrogen-bond donors (Lipinski definition) is 2. The van der Waals surface area contributed by atoms with E-state index in [1.54, 1.807) is 6.20 Å². The van der Waals surface area contributed by atoms with Crippen LogP contribution in [0.3, 0.4) is 0 Å². The molecule has 1 unspecified atom stereocenters. The van der Waals surface area contributed by atoms with Gasteiger partial charge in [-0.3, -0.25) is 14.5 Å². The molecule has 2 amide bonds. The van der Waals surface area contributed by atoms with E-state index in [4.69, 9.17) is 10.2 Å². The average molecular weight is 447 g/mol. The van der Waals surface area contributed by atoms with Crippen LogP contribution in [0.2, 0.25) is 0 Å². The van der Waals surface area contributed by atoms with Crippen LogP contribution in [-0.2, 0) is 22.6 Å². The lowest BCUT2D eigenvalue weighted by molar-refractivity contribution is -0.123. The maximum atomic E-state index is 12.4. The van der Waals surface area contributed by atoms with Gasteiger partial charge in [-0.1, -0.05) is 42.0 Å². The zero-order valence-electron chi connectivity index (χ0n) is 18.9. The van der Waals surface area contributed by atoms with Gasteiger partial charge in [-0.05, 0) is 44.0 Å². The number of nitrogens with one attached hydrogen (secondary N) is 1. The van der Waals surface area contributed by atoms with Crippen molar-refractivity contribution in [1.82, 2.24) is 9.88 Å². The van der Waals surface area contributed by atoms with Crippen molar-refractivity contribution in [2.75, 3.05) is 18.4 Å². The van der Waals surface area contributed by atoms with Gasteiger partial charge in [0, 0.05) is 37.2 Å². The Morgan fingerprint density at radius 1 is 1.15 bits per heavy atom. The van der Waals surface area contributed by atoms with Gasteiger partial charge in [0.05, 0.1) is 12.1 Å². The Morgan fingerprint density at radius 3 is 2.64 bits per heavy atom. The number of likely N-dealkylation sites (tertiary alicyclic amines) is 1. The Hall–Kier alpha value is -3.45. The van der Waals surface area contributed by atoms with Crippen LogP contribution in [0.4, 0.5) is 5.69 Å². The van der Waals surface area contributed by atoms with Gasteiger partial charge in [0.2, 0.25) is 11.8 Å². The number of oxazole rings is 1. The molecule has 0 aliphatic carbocycles. The molecule has 0 bridgehead atoms. The molecule has 2 heterocycles. The quantitative estimate of drug-likeness (QED) is 0.546. The topological polar surface area (TPSA) is 101 Å². The van der Waals surface area contributed by atoms with E-state index in [2.05, 4.69) is 15.2 Å². The number of aryl methyl sites for hydroxylation is 2. The van der Waals surface area contributed by atoms with Crippen molar-refractivity contribution >= 4 is 17.5 Å². The molecule has 7 heteroatoms. The van der Waals surface area contributed by atoms with Crippen molar-refractivity contribution in [2.24, 2.45) is 11.7 Å². The number of nitrogens with zero attached hydrogens (tertiary/aromatic N) is 2. The van der Waals surface area contributed by atoms with Gasteiger partial charge in [-0.25, -0.2) is 4.98 Å². The van der Waals surface area contributed by atoms with Crippen LogP contribution in [-0.4, -0.2) is 34.8 Å². The van der Waals surface area contributed by atoms with Gasteiger partial charge in [0.1, 0.15) is 0 Å². The summed E-state index contributed by atoms with van der Waals surface area (Å²) in [4.78, 5) is 30.4. The minimum absolute atomic E-state index is 0.0612. The molecule has 1 aliphatic heterocycles. The lowest BCUT2D eigenvalue weighted by Gasteiger charge is -2.31. The summed E-state index contributed by atoms with van der Waals surface area (Å²) in [6.07, 6.45) is 4.28. The molecule has 1 atom stereocenters. The number of rotatable bonds is 8. The fourth-order valence-corrected chi connectivity index (χ4v) is 4.10. The minimum Gasteiger partial charge on any atom is -0.441 e. The number of benzene rings is 2. The number of aromatic nitrogens is 1. The first-order chi connectivity index (χ1) is 16.0. The highest BCUT2D eigenvalue weighted by molar-refractivity contribution is 5.90. The molecule has 0 saturated carbocycles. The van der Waals surface area contributed by atoms with Crippen molar-refractivity contribution < 1.29 is 14.0 Å². The molecule has 1 saturated heterocycles. The summed E-state index contributed by atoms with van der Waals surface area (Å²) in [6, 6.07) is 15.9. The molecule has 7 nitrogen and oxygen atoms in total. The normalized spacial score (nSPS) is 16.5. The van der Waals surface area contributed by atoms with E-state index in [-0.39, 0.29) is 24.2 Å². The van der Waals surface area contributed by atoms with Crippen molar-refractivity contribution in [3.05, 3.63) is 71.7 Å². The number of anilines is 1. The van der Waals surface area contributed by atoms with Crippen LogP contribution in [0.1, 0.15) is 36.3 Å². The maximum Gasteiger partial charge on any atom is 0.224 e. The molecule has 0 radical (unpaired) electrons. The van der Waals surface area contributed by atoms with Crippen LogP contribution < -0.4 is 11.1 Å². The van der Waals surface area contributed by atoms with Crippen LogP contribution in [0, 0.1) is 12.8 Å². The average Bonchev–Trinajstić information content (AvgIpc) is 3.29. The van der Waals surface area contributed by atoms with Gasteiger partial charge in [-0.15, -0.1) is 0 Å². The zero-order chi connectivity index (χ0) is 23.2. The molecular formula is C26H30N4O3. The second-order valence-corrected chi connectivity index (χ2v) is 8.71. The van der Waals surface area contributed by atoms with Crippen LogP contribution in [0.25, 0.3) is 11.3 Å². The van der Waals surface area contributed by atoms with E-state index in [1.165, 1.54) is 5.56 Å². The van der Waals surface area contributed by atoms with Gasteiger partial charge in [-0.2, -0.15) is 0 Å². The molecule has 3 aromatic rings. The number of amides is 2. The van der Waals surface area contributed by atoms with Gasteiger partial charge < -0.3 is 15.5 Å². The monoisotopic (exact) mass is 446 g/mol. The highest BCUT2D eigenvalue weighted by Gasteiger charge is 2.23. The number of nitrogens with two attached hydrogens (primary N) is 1. The predicted molar refractivity (Wildman–Crippen MR) is 127 cm³/mol. The first-order valence-corrected chi connectivity index (χ1v) is 11.4. The molecule has 1 aliphatic rings. The molecule has 3 N–H and O–H groups in total. The lowest BCUT2D eigenvalue weighted by atomic mass is 9.97. The number of piperidine rings is 1. The fourth-order valence-electron chi connectivity index (χ4n) is 4.10. The van der Waals surface area contributed by atoms with Crippen molar-refractivity contribution in [3.63, 3.8) is 0 Å². The Kier molecular flexibility index (Phi) is 7.19. The summed E-state index contributed by atoms with van der Waals surface area (Å²) in [5.41, 5.74) is 9.52. The zero-order valence-corrected chi connectivity index (χ0v) is 18.9. The number of carbonyl (C=O) groups excluding carboxylic acids is 2. The van der Waals surface area contributed by atoms with Gasteiger partial charge >= 0.3 is 0 Å². The molecular weight excluding hydrogens is 416 g/mol. The first-order valence-electron chi connectivity index (χ1n) is 11.4. The Bertz CT molecular complexity index is 1090. The summed E-state index contributed by atoms with van der Waals surface area (Å²) in [5.74, 6) is 0.893. The lowest BCUT2D eigenvalue weighted by Crippen LogP contribution is -2.40. The Balaban J connectivity index is 1.24. The third-order valence-corrected chi connectivity index (χ3v) is 6.01. The molecule has 1 aromatic heterocycles.